The standard InChI is InChI=1S/C22H46NO8P/c1-5-6-7-8-9-10-11-12-13-14-15-16-21(25)22(17-23(2,3)4)31-32(27,28)29-19-20(18-24)30-26/h20,22,24H,5-19H2,1-4H3,(H-,26,27,28)/t20-,22?/m1/s1. The number of quaternary nitrogens is 1. The second-order valence-electron chi connectivity index (χ2n) is 9.47. The Morgan fingerprint density at radius 2 is 1.47 bits per heavy atom. The maximum absolute atomic E-state index is 12.7. The number of ketones is 1. The van der Waals surface area contributed by atoms with Crippen LogP contribution in [0.25, 0.3) is 0 Å². The number of likely N-dealkylation sites (N-methyl/N-ethyl adjacent to an activating group) is 1. The first-order valence-electron chi connectivity index (χ1n) is 11.9. The highest BCUT2D eigenvalue weighted by Gasteiger charge is 2.30. The largest absolute Gasteiger partial charge is 0.756 e. The normalized spacial score (nSPS) is 16.0. The van der Waals surface area contributed by atoms with Crippen LogP contribution in [0.5, 0.6) is 0 Å². The molecule has 2 unspecified atom stereocenters. The van der Waals surface area contributed by atoms with Crippen LogP contribution in [0.2, 0.25) is 0 Å². The Hall–Kier alpha value is -0.380. The first-order valence-corrected chi connectivity index (χ1v) is 13.4. The number of hydrogen-bond donors (Lipinski definition) is 2. The van der Waals surface area contributed by atoms with Crippen molar-refractivity contribution in [1.29, 1.82) is 0 Å². The van der Waals surface area contributed by atoms with Gasteiger partial charge in [0.05, 0.1) is 34.4 Å². The molecule has 32 heavy (non-hydrogen) atoms. The molecule has 0 aromatic rings. The number of unbranched alkanes of at least 4 members (excludes halogenated alkanes) is 10. The summed E-state index contributed by atoms with van der Waals surface area (Å²) in [6.45, 7) is 1.15. The van der Waals surface area contributed by atoms with Crippen LogP contribution in [-0.2, 0) is 23.3 Å². The maximum atomic E-state index is 12.7. The summed E-state index contributed by atoms with van der Waals surface area (Å²) in [5.41, 5.74) is 0. The highest BCUT2D eigenvalue weighted by Crippen LogP contribution is 2.40. The van der Waals surface area contributed by atoms with Crippen LogP contribution in [0.15, 0.2) is 0 Å². The third-order valence-electron chi connectivity index (χ3n) is 5.13. The van der Waals surface area contributed by atoms with Crippen LogP contribution in [0.1, 0.15) is 84.0 Å². The minimum atomic E-state index is -4.82. The molecule has 2 N–H and O–H groups in total. The van der Waals surface area contributed by atoms with Gasteiger partial charge in [-0.05, 0) is 6.42 Å². The van der Waals surface area contributed by atoms with Crippen LogP contribution in [0, 0.1) is 0 Å². The minimum absolute atomic E-state index is 0.173. The van der Waals surface area contributed by atoms with Gasteiger partial charge in [-0.3, -0.25) is 14.6 Å². The van der Waals surface area contributed by atoms with Crippen LogP contribution in [0.4, 0.5) is 0 Å². The van der Waals surface area contributed by atoms with Gasteiger partial charge in [0.15, 0.2) is 11.9 Å². The van der Waals surface area contributed by atoms with Crippen LogP contribution < -0.4 is 4.89 Å². The van der Waals surface area contributed by atoms with Gasteiger partial charge in [0, 0.05) is 6.42 Å². The molecule has 0 bridgehead atoms. The fraction of sp³-hybridized carbons (Fsp3) is 0.955. The van der Waals surface area contributed by atoms with E-state index in [-0.39, 0.29) is 18.7 Å². The molecular weight excluding hydrogens is 437 g/mol. The van der Waals surface area contributed by atoms with E-state index in [0.29, 0.717) is 10.9 Å². The fourth-order valence-corrected chi connectivity index (χ4v) is 4.20. The molecule has 0 aromatic heterocycles. The second kappa shape index (κ2) is 18.0. The third-order valence-corrected chi connectivity index (χ3v) is 6.10. The Bertz CT molecular complexity index is 523. The zero-order valence-electron chi connectivity index (χ0n) is 20.5. The van der Waals surface area contributed by atoms with Crippen LogP contribution in [-0.4, -0.2) is 73.7 Å². The van der Waals surface area contributed by atoms with Crippen molar-refractivity contribution in [2.45, 2.75) is 96.2 Å². The monoisotopic (exact) mass is 483 g/mol. The summed E-state index contributed by atoms with van der Waals surface area (Å²) in [7, 11) is 0.692. The number of Topliss-reactive ketones (excluding diaryl/α,β-unsaturated/α-hetero) is 1. The lowest BCUT2D eigenvalue weighted by Gasteiger charge is -2.32. The number of rotatable bonds is 22. The first-order chi connectivity index (χ1) is 15.0. The molecule has 0 amide bonds. The number of phosphoric ester groups is 1. The average molecular weight is 484 g/mol. The number of aliphatic hydroxyl groups is 1. The Labute approximate surface area is 194 Å². The Morgan fingerprint density at radius 1 is 0.969 bits per heavy atom. The van der Waals surface area contributed by atoms with E-state index in [2.05, 4.69) is 16.3 Å². The van der Waals surface area contributed by atoms with Gasteiger partial charge in [0.2, 0.25) is 0 Å². The SMILES string of the molecule is CCCCCCCCCCCCCC(=O)C(C[N+](C)(C)C)OP(=O)([O-])OC[C@@H](CO)OO. The lowest BCUT2D eigenvalue weighted by Crippen LogP contribution is -2.45. The molecule has 0 rings (SSSR count). The van der Waals surface area contributed by atoms with E-state index < -0.39 is 33.2 Å². The Balaban J connectivity index is 4.35. The maximum Gasteiger partial charge on any atom is 0.268 e. The van der Waals surface area contributed by atoms with Crippen molar-refractivity contribution in [3.63, 3.8) is 0 Å². The number of aliphatic hydroxyl groups excluding tert-OH is 1. The number of nitrogens with zero attached hydrogens (tertiary/aromatic N) is 1. The molecule has 0 radical (unpaired) electrons. The summed E-state index contributed by atoms with van der Waals surface area (Å²) in [5.74, 6) is -0.272. The summed E-state index contributed by atoms with van der Waals surface area (Å²) in [4.78, 5) is 28.7. The molecule has 0 aliphatic carbocycles. The molecule has 0 aliphatic rings. The van der Waals surface area contributed by atoms with Gasteiger partial charge in [-0.2, -0.15) is 0 Å². The summed E-state index contributed by atoms with van der Waals surface area (Å²) >= 11 is 0. The molecule has 3 atom stereocenters. The molecule has 0 saturated carbocycles. The van der Waals surface area contributed by atoms with Crippen LogP contribution >= 0.6 is 7.82 Å². The van der Waals surface area contributed by atoms with Crippen molar-refractivity contribution in [1.82, 2.24) is 0 Å². The van der Waals surface area contributed by atoms with E-state index in [1.807, 2.05) is 21.1 Å². The molecule has 9 nitrogen and oxygen atoms in total. The summed E-state index contributed by atoms with van der Waals surface area (Å²) < 4.78 is 22.2. The van der Waals surface area contributed by atoms with E-state index in [4.69, 9.17) is 14.9 Å². The predicted octanol–water partition coefficient (Wildman–Crippen LogP) is 3.68. The number of carbonyl (C=O) groups is 1. The smallest absolute Gasteiger partial charge is 0.268 e. The number of phosphoric acid groups is 1. The lowest BCUT2D eigenvalue weighted by atomic mass is 10.0. The number of carbonyl (C=O) groups excluding carboxylic acids is 1. The molecule has 0 saturated heterocycles. The van der Waals surface area contributed by atoms with Gasteiger partial charge in [0.1, 0.15) is 12.6 Å². The fourth-order valence-electron chi connectivity index (χ4n) is 3.29. The van der Waals surface area contributed by atoms with Gasteiger partial charge in [0.25, 0.3) is 7.82 Å². The quantitative estimate of drug-likeness (QED) is 0.0785. The van der Waals surface area contributed by atoms with Gasteiger partial charge in [-0.25, -0.2) is 4.89 Å². The molecule has 10 heteroatoms. The van der Waals surface area contributed by atoms with Gasteiger partial charge >= 0.3 is 0 Å². The molecule has 0 fully saturated rings. The first kappa shape index (κ1) is 31.6. The molecule has 0 aromatic carbocycles. The Morgan fingerprint density at radius 3 is 1.91 bits per heavy atom. The zero-order chi connectivity index (χ0) is 24.5. The summed E-state index contributed by atoms with van der Waals surface area (Å²) in [5, 5.41) is 17.5. The summed E-state index contributed by atoms with van der Waals surface area (Å²) in [6.07, 6.45) is 10.7. The van der Waals surface area contributed by atoms with E-state index in [1.54, 1.807) is 0 Å². The zero-order valence-corrected chi connectivity index (χ0v) is 21.4. The Kier molecular flexibility index (Phi) is 17.8. The van der Waals surface area contributed by atoms with Crippen molar-refractivity contribution < 1.29 is 43.0 Å². The minimum Gasteiger partial charge on any atom is -0.756 e. The highest BCUT2D eigenvalue weighted by molar-refractivity contribution is 7.45. The molecular formula is C22H46NO8P. The summed E-state index contributed by atoms with van der Waals surface area (Å²) in [6, 6.07) is 0. The molecule has 0 heterocycles. The number of hydrogen-bond acceptors (Lipinski definition) is 8. The predicted molar refractivity (Wildman–Crippen MR) is 122 cm³/mol. The van der Waals surface area contributed by atoms with E-state index in [0.717, 1.165) is 19.3 Å². The lowest BCUT2D eigenvalue weighted by molar-refractivity contribution is -0.872. The third kappa shape index (κ3) is 18.1. The van der Waals surface area contributed by atoms with E-state index in [9.17, 15) is 14.3 Å². The molecule has 0 spiro atoms. The van der Waals surface area contributed by atoms with Crippen molar-refractivity contribution >= 4 is 13.6 Å². The van der Waals surface area contributed by atoms with Gasteiger partial charge < -0.3 is 23.5 Å². The molecule has 192 valence electrons. The average Bonchev–Trinajstić information content (AvgIpc) is 2.71. The topological polar surface area (TPSA) is 125 Å². The van der Waals surface area contributed by atoms with E-state index >= 15 is 0 Å². The molecule has 0 aliphatic heterocycles. The van der Waals surface area contributed by atoms with Crippen molar-refractivity contribution in [2.24, 2.45) is 0 Å². The van der Waals surface area contributed by atoms with Crippen molar-refractivity contribution in [3.8, 4) is 0 Å². The van der Waals surface area contributed by atoms with E-state index in [1.165, 1.54) is 44.9 Å². The van der Waals surface area contributed by atoms with Gasteiger partial charge in [-0.15, -0.1) is 0 Å². The van der Waals surface area contributed by atoms with Crippen molar-refractivity contribution in [3.05, 3.63) is 0 Å². The van der Waals surface area contributed by atoms with Crippen molar-refractivity contribution in [2.75, 3.05) is 40.9 Å². The second-order valence-corrected chi connectivity index (χ2v) is 10.8. The highest BCUT2D eigenvalue weighted by atomic mass is 31.2. The van der Waals surface area contributed by atoms with Gasteiger partial charge in [-0.1, -0.05) is 71.1 Å². The van der Waals surface area contributed by atoms with Crippen LogP contribution in [0.3, 0.4) is 0 Å².